The van der Waals surface area contributed by atoms with E-state index in [-0.39, 0.29) is 5.88 Å². The van der Waals surface area contributed by atoms with Gasteiger partial charge in [0.05, 0.1) is 18.0 Å². The number of benzene rings is 2. The minimum absolute atomic E-state index is 0.0117. The minimum Gasteiger partial charge on any atom is -0.494 e. The Labute approximate surface area is 212 Å². The van der Waals surface area contributed by atoms with Crippen LogP contribution in [0.25, 0.3) is 16.9 Å². The largest absolute Gasteiger partial charge is 0.494 e. The minimum atomic E-state index is 0.0117. The van der Waals surface area contributed by atoms with Gasteiger partial charge < -0.3 is 9.84 Å². The highest BCUT2D eigenvalue weighted by Crippen LogP contribution is 2.29. The summed E-state index contributed by atoms with van der Waals surface area (Å²) < 4.78 is 7.80. The maximum Gasteiger partial charge on any atom is 0.231 e. The van der Waals surface area contributed by atoms with Gasteiger partial charge in [-0.3, -0.25) is 0 Å². The topological polar surface area (TPSA) is 47.3 Å². The lowest BCUT2D eigenvalue weighted by atomic mass is 10.0. The van der Waals surface area contributed by atoms with Crippen LogP contribution >= 0.6 is 0 Å². The van der Waals surface area contributed by atoms with Crippen LogP contribution in [-0.2, 0) is 0 Å². The molecule has 0 saturated carbocycles. The lowest BCUT2D eigenvalue weighted by molar-refractivity contribution is 0.304. The molecule has 1 heterocycles. The second kappa shape index (κ2) is 16.0. The predicted octanol–water partition coefficient (Wildman–Crippen LogP) is 9.11. The van der Waals surface area contributed by atoms with Crippen LogP contribution in [-0.4, -0.2) is 21.5 Å². The highest BCUT2D eigenvalue weighted by molar-refractivity contribution is 5.65. The van der Waals surface area contributed by atoms with Gasteiger partial charge in [0.2, 0.25) is 5.88 Å². The molecule has 0 amide bonds. The molecule has 3 rings (SSSR count). The summed E-state index contributed by atoms with van der Waals surface area (Å²) >= 11 is 0. The first kappa shape index (κ1) is 26.8. The highest BCUT2D eigenvalue weighted by Gasteiger charge is 2.12. The quantitative estimate of drug-likeness (QED) is 0.186. The number of para-hydroxylation sites is 1. The van der Waals surface area contributed by atoms with Gasteiger partial charge in [-0.25, -0.2) is 4.68 Å². The summed E-state index contributed by atoms with van der Waals surface area (Å²) in [6.07, 6.45) is 19.0. The number of aromatic nitrogens is 2. The fourth-order valence-electron chi connectivity index (χ4n) is 4.57. The number of nitrogens with zero attached hydrogens (tertiary/aromatic N) is 2. The Morgan fingerprint density at radius 3 is 1.91 bits per heavy atom. The fraction of sp³-hybridized carbons (Fsp3) is 0.516. The Balaban J connectivity index is 1.30. The summed E-state index contributed by atoms with van der Waals surface area (Å²) in [5.41, 5.74) is 2.73. The van der Waals surface area contributed by atoms with Crippen molar-refractivity contribution in [1.29, 1.82) is 0 Å². The zero-order chi connectivity index (χ0) is 24.6. The summed E-state index contributed by atoms with van der Waals surface area (Å²) in [6.45, 7) is 3.02. The molecule has 0 aliphatic carbocycles. The van der Waals surface area contributed by atoms with Crippen molar-refractivity contribution in [2.24, 2.45) is 0 Å². The monoisotopic (exact) mass is 476 g/mol. The first-order valence-corrected chi connectivity index (χ1v) is 13.9. The predicted molar refractivity (Wildman–Crippen MR) is 146 cm³/mol. The Kier molecular flexibility index (Phi) is 12.3. The number of ether oxygens (including phenoxy) is 1. The second-order valence-electron chi connectivity index (χ2n) is 9.61. The van der Waals surface area contributed by atoms with E-state index in [1.54, 1.807) is 10.7 Å². The molecule has 1 N–H and O–H groups in total. The van der Waals surface area contributed by atoms with Crippen LogP contribution in [0.5, 0.6) is 11.6 Å². The van der Waals surface area contributed by atoms with Crippen molar-refractivity contribution in [3.05, 3.63) is 60.7 Å². The van der Waals surface area contributed by atoms with Crippen LogP contribution in [0.1, 0.15) is 96.8 Å². The lowest BCUT2D eigenvalue weighted by Crippen LogP contribution is -2.00. The van der Waals surface area contributed by atoms with Crippen molar-refractivity contribution < 1.29 is 9.84 Å². The molecule has 3 aromatic rings. The number of unbranched alkanes of at least 4 members (excludes halogenated alkanes) is 13. The van der Waals surface area contributed by atoms with E-state index in [4.69, 9.17) is 4.74 Å². The van der Waals surface area contributed by atoms with Crippen molar-refractivity contribution in [3.63, 3.8) is 0 Å². The van der Waals surface area contributed by atoms with Gasteiger partial charge in [-0.1, -0.05) is 121 Å². The highest BCUT2D eigenvalue weighted by atomic mass is 16.5. The number of aromatic hydroxyl groups is 1. The van der Waals surface area contributed by atoms with Gasteiger partial charge in [0.1, 0.15) is 5.75 Å². The van der Waals surface area contributed by atoms with Crippen molar-refractivity contribution >= 4 is 0 Å². The Hall–Kier alpha value is -2.75. The molecule has 0 unspecified atom stereocenters. The van der Waals surface area contributed by atoms with Crippen LogP contribution in [0.2, 0.25) is 0 Å². The van der Waals surface area contributed by atoms with Crippen LogP contribution in [0, 0.1) is 0 Å². The smallest absolute Gasteiger partial charge is 0.231 e. The fourth-order valence-corrected chi connectivity index (χ4v) is 4.57. The SMILES string of the molecule is CCCCCCCCCCCCCCCCOc1cccc(-c2cc(O)nn2-c2ccccc2)c1. The van der Waals surface area contributed by atoms with E-state index >= 15 is 0 Å². The van der Waals surface area contributed by atoms with Gasteiger partial charge in [0.25, 0.3) is 0 Å². The average Bonchev–Trinajstić information content (AvgIpc) is 3.29. The summed E-state index contributed by atoms with van der Waals surface area (Å²) in [7, 11) is 0. The van der Waals surface area contributed by atoms with E-state index in [9.17, 15) is 5.11 Å². The van der Waals surface area contributed by atoms with Gasteiger partial charge >= 0.3 is 0 Å². The van der Waals surface area contributed by atoms with Gasteiger partial charge in [-0.05, 0) is 30.7 Å². The van der Waals surface area contributed by atoms with E-state index in [1.165, 1.54) is 83.5 Å². The zero-order valence-corrected chi connectivity index (χ0v) is 21.6. The summed E-state index contributed by atoms with van der Waals surface area (Å²) in [6, 6.07) is 19.6. The lowest BCUT2D eigenvalue weighted by Gasteiger charge is -2.10. The molecule has 0 aliphatic rings. The molecule has 4 nitrogen and oxygen atoms in total. The first-order valence-electron chi connectivity index (χ1n) is 13.9. The molecular formula is C31H44N2O2. The molecule has 0 fully saturated rings. The summed E-state index contributed by atoms with van der Waals surface area (Å²) in [4.78, 5) is 0. The Morgan fingerprint density at radius 1 is 0.686 bits per heavy atom. The third-order valence-electron chi connectivity index (χ3n) is 6.59. The first-order chi connectivity index (χ1) is 17.3. The standard InChI is InChI=1S/C31H44N2O2/c1-2-3-4-5-6-7-8-9-10-11-12-13-14-18-24-35-29-23-19-20-27(25-29)30-26-31(34)32-33(30)28-21-16-15-17-22-28/h15-17,19-23,25-26H,2-14,18,24H2,1H3,(H,32,34). The second-order valence-corrected chi connectivity index (χ2v) is 9.61. The molecule has 0 radical (unpaired) electrons. The Morgan fingerprint density at radius 2 is 1.29 bits per heavy atom. The van der Waals surface area contributed by atoms with Crippen LogP contribution in [0.3, 0.4) is 0 Å². The van der Waals surface area contributed by atoms with Crippen molar-refractivity contribution in [2.45, 2.75) is 96.8 Å². The maximum atomic E-state index is 10.0. The molecule has 0 aliphatic heterocycles. The van der Waals surface area contributed by atoms with Gasteiger partial charge in [0, 0.05) is 11.6 Å². The number of hydrogen-bond donors (Lipinski definition) is 1. The van der Waals surface area contributed by atoms with Crippen molar-refractivity contribution in [1.82, 2.24) is 9.78 Å². The van der Waals surface area contributed by atoms with E-state index in [0.717, 1.165) is 35.7 Å². The van der Waals surface area contributed by atoms with Gasteiger partial charge in [0.15, 0.2) is 0 Å². The molecule has 190 valence electrons. The molecule has 0 bridgehead atoms. The van der Waals surface area contributed by atoms with Gasteiger partial charge in [-0.2, -0.15) is 0 Å². The Bertz CT molecular complexity index is 952. The van der Waals surface area contributed by atoms with Crippen LogP contribution in [0.15, 0.2) is 60.7 Å². The van der Waals surface area contributed by atoms with Gasteiger partial charge in [-0.15, -0.1) is 5.10 Å². The van der Waals surface area contributed by atoms with E-state index < -0.39 is 0 Å². The third-order valence-corrected chi connectivity index (χ3v) is 6.59. The molecule has 2 aromatic carbocycles. The number of rotatable bonds is 18. The molecule has 35 heavy (non-hydrogen) atoms. The third kappa shape index (κ3) is 9.79. The molecule has 0 saturated heterocycles. The average molecular weight is 477 g/mol. The van der Waals surface area contributed by atoms with E-state index in [2.05, 4.69) is 12.0 Å². The van der Waals surface area contributed by atoms with E-state index in [0.29, 0.717) is 0 Å². The summed E-state index contributed by atoms with van der Waals surface area (Å²) in [5.74, 6) is 0.870. The van der Waals surface area contributed by atoms with E-state index in [1.807, 2.05) is 54.6 Å². The zero-order valence-electron chi connectivity index (χ0n) is 21.6. The normalized spacial score (nSPS) is 11.1. The summed E-state index contributed by atoms with van der Waals surface area (Å²) in [5, 5.41) is 14.3. The molecule has 4 heteroatoms. The molecule has 0 atom stereocenters. The van der Waals surface area contributed by atoms with Crippen molar-refractivity contribution in [3.8, 4) is 28.6 Å². The van der Waals surface area contributed by atoms with Crippen LogP contribution in [0.4, 0.5) is 0 Å². The maximum absolute atomic E-state index is 10.0. The molecule has 0 spiro atoms. The molecular weight excluding hydrogens is 432 g/mol. The number of hydrogen-bond acceptors (Lipinski definition) is 3. The van der Waals surface area contributed by atoms with Crippen LogP contribution < -0.4 is 4.74 Å². The molecule has 1 aromatic heterocycles. The van der Waals surface area contributed by atoms with Crippen molar-refractivity contribution in [2.75, 3.05) is 6.61 Å².